The number of aliphatic imine (C=N–C) groups is 1. The normalized spacial score (nSPS) is 14.8. The second-order valence-corrected chi connectivity index (χ2v) is 7.27. The van der Waals surface area contributed by atoms with Crippen LogP contribution in [0.2, 0.25) is 0 Å². The molecule has 1 aliphatic rings. The van der Waals surface area contributed by atoms with Crippen LogP contribution in [0.15, 0.2) is 53.5 Å². The quantitative estimate of drug-likeness (QED) is 0.450. The summed E-state index contributed by atoms with van der Waals surface area (Å²) in [6, 6.07) is 16.1. The number of guanidine groups is 1. The summed E-state index contributed by atoms with van der Waals surface area (Å²) in [5.74, 6) is 2.52. The molecule has 31 heavy (non-hydrogen) atoms. The highest BCUT2D eigenvalue weighted by Crippen LogP contribution is 2.19. The summed E-state index contributed by atoms with van der Waals surface area (Å²) in [5.41, 5.74) is 2.15. The molecule has 2 aromatic rings. The van der Waals surface area contributed by atoms with Crippen molar-refractivity contribution in [2.75, 3.05) is 53.1 Å². The minimum atomic E-state index is 0.539. The van der Waals surface area contributed by atoms with Gasteiger partial charge in [-0.05, 0) is 19.1 Å². The molecule has 168 valence electrons. The SMILES string of the molecule is CCNC(=NCc1ccccc1OC)NCc1ccccc1OCCN1CCOCC1. The monoisotopic (exact) mass is 426 g/mol. The third-order valence-electron chi connectivity index (χ3n) is 5.13. The molecule has 0 atom stereocenters. The predicted octanol–water partition coefficient (Wildman–Crippen LogP) is 2.66. The van der Waals surface area contributed by atoms with Crippen molar-refractivity contribution in [2.45, 2.75) is 20.0 Å². The van der Waals surface area contributed by atoms with Gasteiger partial charge in [0.1, 0.15) is 18.1 Å². The summed E-state index contributed by atoms with van der Waals surface area (Å²) in [4.78, 5) is 7.09. The summed E-state index contributed by atoms with van der Waals surface area (Å²) in [6.07, 6.45) is 0. The van der Waals surface area contributed by atoms with E-state index < -0.39 is 0 Å². The Morgan fingerprint density at radius 1 is 1.00 bits per heavy atom. The van der Waals surface area contributed by atoms with Gasteiger partial charge in [-0.2, -0.15) is 0 Å². The second kappa shape index (κ2) is 12.8. The maximum Gasteiger partial charge on any atom is 0.191 e. The number of benzene rings is 2. The highest BCUT2D eigenvalue weighted by atomic mass is 16.5. The highest BCUT2D eigenvalue weighted by molar-refractivity contribution is 5.79. The lowest BCUT2D eigenvalue weighted by atomic mass is 10.2. The molecular weight excluding hydrogens is 392 g/mol. The van der Waals surface area contributed by atoms with Crippen LogP contribution in [0.4, 0.5) is 0 Å². The van der Waals surface area contributed by atoms with Gasteiger partial charge < -0.3 is 24.8 Å². The van der Waals surface area contributed by atoms with Gasteiger partial charge in [0.05, 0.1) is 26.9 Å². The van der Waals surface area contributed by atoms with Crippen molar-refractivity contribution in [1.82, 2.24) is 15.5 Å². The Morgan fingerprint density at radius 3 is 2.45 bits per heavy atom. The van der Waals surface area contributed by atoms with Crippen molar-refractivity contribution in [3.05, 3.63) is 59.7 Å². The number of nitrogens with one attached hydrogen (secondary N) is 2. The number of ether oxygens (including phenoxy) is 3. The first-order chi connectivity index (χ1) is 15.3. The van der Waals surface area contributed by atoms with Gasteiger partial charge >= 0.3 is 0 Å². The fourth-order valence-electron chi connectivity index (χ4n) is 3.42. The first-order valence-electron chi connectivity index (χ1n) is 10.9. The molecule has 7 nitrogen and oxygen atoms in total. The lowest BCUT2D eigenvalue weighted by molar-refractivity contribution is 0.0322. The van der Waals surface area contributed by atoms with Gasteiger partial charge in [-0.15, -0.1) is 0 Å². The molecule has 2 N–H and O–H groups in total. The molecule has 0 saturated carbocycles. The predicted molar refractivity (Wildman–Crippen MR) is 124 cm³/mol. The van der Waals surface area contributed by atoms with Crippen LogP contribution in [0.25, 0.3) is 0 Å². The molecule has 0 amide bonds. The maximum atomic E-state index is 6.09. The first-order valence-corrected chi connectivity index (χ1v) is 10.9. The van der Waals surface area contributed by atoms with Crippen LogP contribution in [-0.2, 0) is 17.8 Å². The summed E-state index contributed by atoms with van der Waals surface area (Å²) < 4.78 is 16.9. The topological polar surface area (TPSA) is 67.4 Å². The zero-order chi connectivity index (χ0) is 21.7. The van der Waals surface area contributed by atoms with E-state index in [1.54, 1.807) is 7.11 Å². The Kier molecular flexibility index (Phi) is 9.47. The van der Waals surface area contributed by atoms with E-state index in [2.05, 4.69) is 28.5 Å². The molecule has 0 aromatic heterocycles. The van der Waals surface area contributed by atoms with Gasteiger partial charge in [-0.3, -0.25) is 4.90 Å². The fraction of sp³-hybridized carbons (Fsp3) is 0.458. The number of morpholine rings is 1. The van der Waals surface area contributed by atoms with Crippen molar-refractivity contribution in [3.8, 4) is 11.5 Å². The molecule has 7 heteroatoms. The van der Waals surface area contributed by atoms with Crippen LogP contribution >= 0.6 is 0 Å². The van der Waals surface area contributed by atoms with Crippen LogP contribution in [-0.4, -0.2) is 64.0 Å². The van der Waals surface area contributed by atoms with Crippen molar-refractivity contribution < 1.29 is 14.2 Å². The van der Waals surface area contributed by atoms with Gasteiger partial charge in [0.25, 0.3) is 0 Å². The van der Waals surface area contributed by atoms with E-state index in [0.717, 1.165) is 68.0 Å². The van der Waals surface area contributed by atoms with Crippen molar-refractivity contribution in [1.29, 1.82) is 0 Å². The van der Waals surface area contributed by atoms with E-state index >= 15 is 0 Å². The molecule has 1 heterocycles. The lowest BCUT2D eigenvalue weighted by Crippen LogP contribution is -2.38. The number of hydrogen-bond acceptors (Lipinski definition) is 5. The summed E-state index contributed by atoms with van der Waals surface area (Å²) >= 11 is 0. The van der Waals surface area contributed by atoms with Crippen LogP contribution in [0.5, 0.6) is 11.5 Å². The zero-order valence-electron chi connectivity index (χ0n) is 18.6. The minimum Gasteiger partial charge on any atom is -0.496 e. The Hall–Kier alpha value is -2.77. The molecule has 2 aromatic carbocycles. The molecule has 0 spiro atoms. The molecule has 3 rings (SSSR count). The molecule has 1 fully saturated rings. The highest BCUT2D eigenvalue weighted by Gasteiger charge is 2.11. The molecule has 0 aliphatic carbocycles. The van der Waals surface area contributed by atoms with Gasteiger partial charge in [-0.25, -0.2) is 4.99 Å². The van der Waals surface area contributed by atoms with Crippen molar-refractivity contribution >= 4 is 5.96 Å². The van der Waals surface area contributed by atoms with E-state index in [0.29, 0.717) is 19.7 Å². The summed E-state index contributed by atoms with van der Waals surface area (Å²) in [6.45, 7) is 9.15. The van der Waals surface area contributed by atoms with E-state index in [1.807, 2.05) is 42.5 Å². The van der Waals surface area contributed by atoms with E-state index in [9.17, 15) is 0 Å². The van der Waals surface area contributed by atoms with Gasteiger partial charge in [0.2, 0.25) is 0 Å². The van der Waals surface area contributed by atoms with E-state index in [4.69, 9.17) is 19.2 Å². The fourth-order valence-corrected chi connectivity index (χ4v) is 3.42. The van der Waals surface area contributed by atoms with Crippen molar-refractivity contribution in [3.63, 3.8) is 0 Å². The van der Waals surface area contributed by atoms with Gasteiger partial charge in [-0.1, -0.05) is 36.4 Å². The van der Waals surface area contributed by atoms with Crippen LogP contribution in [0.3, 0.4) is 0 Å². The number of nitrogens with zero attached hydrogens (tertiary/aromatic N) is 2. The number of para-hydroxylation sites is 2. The molecule has 0 unspecified atom stereocenters. The average Bonchev–Trinajstić information content (AvgIpc) is 2.82. The average molecular weight is 427 g/mol. The first kappa shape index (κ1) is 22.9. The lowest BCUT2D eigenvalue weighted by Gasteiger charge is -2.26. The van der Waals surface area contributed by atoms with Crippen LogP contribution < -0.4 is 20.1 Å². The Morgan fingerprint density at radius 2 is 1.71 bits per heavy atom. The molecule has 1 saturated heterocycles. The van der Waals surface area contributed by atoms with Gasteiger partial charge in [0.15, 0.2) is 5.96 Å². The Bertz CT molecular complexity index is 822. The standard InChI is InChI=1S/C24H34N4O3/c1-3-25-24(26-18-20-8-4-6-10-22(20)29-2)27-19-21-9-5-7-11-23(21)31-17-14-28-12-15-30-16-13-28/h4-11H,3,12-19H2,1-2H3,(H2,25,26,27). The van der Waals surface area contributed by atoms with E-state index in [1.165, 1.54) is 0 Å². The molecule has 0 radical (unpaired) electrons. The second-order valence-electron chi connectivity index (χ2n) is 7.27. The van der Waals surface area contributed by atoms with Gasteiger partial charge in [0, 0.05) is 43.9 Å². The number of methoxy groups -OCH3 is 1. The minimum absolute atomic E-state index is 0.539. The smallest absolute Gasteiger partial charge is 0.191 e. The number of hydrogen-bond donors (Lipinski definition) is 2. The Labute approximate surface area is 185 Å². The number of rotatable bonds is 10. The zero-order valence-corrected chi connectivity index (χ0v) is 18.6. The van der Waals surface area contributed by atoms with E-state index in [-0.39, 0.29) is 0 Å². The third-order valence-corrected chi connectivity index (χ3v) is 5.13. The molecule has 1 aliphatic heterocycles. The maximum absolute atomic E-state index is 6.09. The van der Waals surface area contributed by atoms with Crippen LogP contribution in [0.1, 0.15) is 18.1 Å². The third kappa shape index (κ3) is 7.45. The van der Waals surface area contributed by atoms with Crippen molar-refractivity contribution in [2.24, 2.45) is 4.99 Å². The van der Waals surface area contributed by atoms with Crippen LogP contribution in [0, 0.1) is 0 Å². The molecule has 0 bridgehead atoms. The Balaban J connectivity index is 1.56. The largest absolute Gasteiger partial charge is 0.496 e. The molecular formula is C24H34N4O3. The summed E-state index contributed by atoms with van der Waals surface area (Å²) in [7, 11) is 1.68. The summed E-state index contributed by atoms with van der Waals surface area (Å²) in [5, 5.41) is 6.72.